The van der Waals surface area contributed by atoms with Gasteiger partial charge in [-0.3, -0.25) is 0 Å². The molecule has 5 nitrogen and oxygen atoms in total. The lowest BCUT2D eigenvalue weighted by Crippen LogP contribution is -2.50. The molecule has 0 aliphatic rings. The molecule has 0 heterocycles. The Morgan fingerprint density at radius 3 is 2.52 bits per heavy atom. The molecular weight excluding hydrogens is 314 g/mol. The molecule has 130 valence electrons. The molecular formula is C17H28ClN3O2. The van der Waals surface area contributed by atoms with Gasteiger partial charge >= 0.3 is 6.03 Å². The normalized spacial score (nSPS) is 14.4. The molecule has 6 heteroatoms. The Balaban J connectivity index is 2.49. The van der Waals surface area contributed by atoms with Crippen molar-refractivity contribution in [2.24, 2.45) is 5.41 Å². The minimum Gasteiger partial charge on any atom is -0.387 e. The third-order valence-corrected chi connectivity index (χ3v) is 4.31. The summed E-state index contributed by atoms with van der Waals surface area (Å²) in [6.07, 6.45) is -0.834. The minimum atomic E-state index is -0.834. The number of nitrogens with zero attached hydrogens (tertiary/aromatic N) is 1. The second-order valence-electron chi connectivity index (χ2n) is 6.84. The van der Waals surface area contributed by atoms with Crippen molar-refractivity contribution in [1.29, 1.82) is 0 Å². The zero-order chi connectivity index (χ0) is 17.6. The van der Waals surface area contributed by atoms with Crippen LogP contribution >= 0.6 is 11.6 Å². The summed E-state index contributed by atoms with van der Waals surface area (Å²) in [5, 5.41) is 16.2. The maximum Gasteiger partial charge on any atom is 0.315 e. The summed E-state index contributed by atoms with van der Waals surface area (Å²) in [6, 6.07) is 6.75. The minimum absolute atomic E-state index is 0.0117. The van der Waals surface area contributed by atoms with Crippen molar-refractivity contribution in [2.75, 3.05) is 27.2 Å². The number of benzene rings is 1. The van der Waals surface area contributed by atoms with Crippen molar-refractivity contribution < 1.29 is 9.90 Å². The Labute approximate surface area is 144 Å². The fraction of sp³-hybridized carbons (Fsp3) is 0.588. The van der Waals surface area contributed by atoms with Gasteiger partial charge in [0.1, 0.15) is 0 Å². The molecule has 0 aromatic heterocycles. The monoisotopic (exact) mass is 341 g/mol. The Hall–Kier alpha value is -1.30. The van der Waals surface area contributed by atoms with E-state index in [1.54, 1.807) is 24.3 Å². The first kappa shape index (κ1) is 19.7. The predicted molar refractivity (Wildman–Crippen MR) is 94.7 cm³/mol. The highest BCUT2D eigenvalue weighted by molar-refractivity contribution is 6.31. The van der Waals surface area contributed by atoms with Crippen LogP contribution in [0.1, 0.15) is 32.4 Å². The molecule has 0 radical (unpaired) electrons. The number of rotatable bonds is 7. The number of carbonyl (C=O) groups is 1. The average Bonchev–Trinajstić information content (AvgIpc) is 2.43. The number of carbonyl (C=O) groups excluding carboxylic acids is 1. The van der Waals surface area contributed by atoms with Crippen molar-refractivity contribution in [2.45, 2.75) is 32.9 Å². The smallest absolute Gasteiger partial charge is 0.315 e. The van der Waals surface area contributed by atoms with E-state index in [1.165, 1.54) is 0 Å². The molecule has 1 aromatic carbocycles. The van der Waals surface area contributed by atoms with Crippen LogP contribution in [0.3, 0.4) is 0 Å². The highest BCUT2D eigenvalue weighted by Gasteiger charge is 2.27. The Kier molecular flexibility index (Phi) is 7.32. The van der Waals surface area contributed by atoms with Crippen LogP contribution in [-0.4, -0.2) is 49.3 Å². The number of amides is 2. The summed E-state index contributed by atoms with van der Waals surface area (Å²) in [5.41, 5.74) is 0.540. The van der Waals surface area contributed by atoms with Crippen molar-refractivity contribution in [1.82, 2.24) is 15.5 Å². The molecule has 3 N–H and O–H groups in total. The fourth-order valence-corrected chi connectivity index (χ4v) is 2.70. The zero-order valence-electron chi connectivity index (χ0n) is 14.6. The lowest BCUT2D eigenvalue weighted by atomic mass is 9.85. The van der Waals surface area contributed by atoms with Gasteiger partial charge < -0.3 is 20.6 Å². The average molecular weight is 342 g/mol. The second-order valence-corrected chi connectivity index (χ2v) is 7.25. The van der Waals surface area contributed by atoms with E-state index < -0.39 is 6.10 Å². The van der Waals surface area contributed by atoms with E-state index in [9.17, 15) is 9.90 Å². The van der Waals surface area contributed by atoms with Crippen molar-refractivity contribution >= 4 is 17.6 Å². The molecule has 0 saturated heterocycles. The summed E-state index contributed by atoms with van der Waals surface area (Å²) < 4.78 is 0. The lowest BCUT2D eigenvalue weighted by Gasteiger charge is -2.34. The van der Waals surface area contributed by atoms with Gasteiger partial charge in [0.2, 0.25) is 0 Å². The quantitative estimate of drug-likeness (QED) is 0.714. The molecule has 0 aliphatic carbocycles. The predicted octanol–water partition coefficient (Wildman–Crippen LogP) is 2.65. The van der Waals surface area contributed by atoms with E-state index in [0.717, 1.165) is 6.54 Å². The van der Waals surface area contributed by atoms with E-state index >= 15 is 0 Å². The van der Waals surface area contributed by atoms with Crippen LogP contribution in [0.2, 0.25) is 5.02 Å². The van der Waals surface area contributed by atoms with Gasteiger partial charge in [0.05, 0.1) is 6.10 Å². The van der Waals surface area contributed by atoms with Gasteiger partial charge in [-0.25, -0.2) is 4.79 Å². The number of aliphatic hydroxyl groups excluding tert-OH is 1. The number of urea groups is 1. The molecule has 23 heavy (non-hydrogen) atoms. The van der Waals surface area contributed by atoms with E-state index in [2.05, 4.69) is 29.4 Å². The summed E-state index contributed by atoms with van der Waals surface area (Å²) in [5.74, 6) is 0. The topological polar surface area (TPSA) is 64.6 Å². The molecule has 2 atom stereocenters. The van der Waals surface area contributed by atoms with E-state index in [0.29, 0.717) is 10.6 Å². The van der Waals surface area contributed by atoms with Crippen LogP contribution in [0.4, 0.5) is 4.79 Å². The standard InChI is InChI=1S/C17H28ClN3O2/c1-12(17(2,3)11-21(4)5)20-16(23)19-10-15(22)13-8-6-7-9-14(13)18/h6-9,12,15,22H,10-11H2,1-5H3,(H2,19,20,23). The molecule has 0 spiro atoms. The van der Waals surface area contributed by atoms with Gasteiger partial charge in [-0.1, -0.05) is 43.6 Å². The maximum atomic E-state index is 12.0. The number of hydrogen-bond acceptors (Lipinski definition) is 3. The molecule has 1 aromatic rings. The van der Waals surface area contributed by atoms with E-state index in [-0.39, 0.29) is 24.0 Å². The van der Waals surface area contributed by atoms with Crippen LogP contribution in [0.5, 0.6) is 0 Å². The third kappa shape index (κ3) is 6.37. The van der Waals surface area contributed by atoms with Gasteiger partial charge in [0.25, 0.3) is 0 Å². The van der Waals surface area contributed by atoms with Crippen LogP contribution in [0.25, 0.3) is 0 Å². The van der Waals surface area contributed by atoms with Crippen molar-refractivity contribution in [3.8, 4) is 0 Å². The largest absolute Gasteiger partial charge is 0.387 e. The zero-order valence-corrected chi connectivity index (χ0v) is 15.3. The molecule has 0 bridgehead atoms. The Morgan fingerprint density at radius 1 is 1.35 bits per heavy atom. The SMILES string of the molecule is CC(NC(=O)NCC(O)c1ccccc1Cl)C(C)(C)CN(C)C. The highest BCUT2D eigenvalue weighted by atomic mass is 35.5. The number of hydrogen-bond donors (Lipinski definition) is 3. The molecule has 0 fully saturated rings. The Bertz CT molecular complexity index is 520. The van der Waals surface area contributed by atoms with E-state index in [1.807, 2.05) is 21.0 Å². The van der Waals surface area contributed by atoms with Crippen molar-refractivity contribution in [3.05, 3.63) is 34.9 Å². The molecule has 0 aliphatic heterocycles. The van der Waals surface area contributed by atoms with Crippen LogP contribution in [0.15, 0.2) is 24.3 Å². The number of aliphatic hydroxyl groups is 1. The molecule has 0 saturated carbocycles. The third-order valence-electron chi connectivity index (χ3n) is 3.96. The van der Waals surface area contributed by atoms with Gasteiger partial charge in [0, 0.05) is 29.7 Å². The summed E-state index contributed by atoms with van der Waals surface area (Å²) in [7, 11) is 4.02. The number of nitrogens with one attached hydrogen (secondary N) is 2. The van der Waals surface area contributed by atoms with E-state index in [4.69, 9.17) is 11.6 Å². The maximum absolute atomic E-state index is 12.0. The fourth-order valence-electron chi connectivity index (χ4n) is 2.44. The molecule has 2 amide bonds. The first-order valence-electron chi connectivity index (χ1n) is 7.75. The second kappa shape index (κ2) is 8.52. The Morgan fingerprint density at radius 2 is 1.96 bits per heavy atom. The van der Waals surface area contributed by atoms with Gasteiger partial charge in [-0.15, -0.1) is 0 Å². The van der Waals surface area contributed by atoms with Crippen LogP contribution in [0, 0.1) is 5.41 Å². The summed E-state index contributed by atoms with van der Waals surface area (Å²) in [6.45, 7) is 7.16. The summed E-state index contributed by atoms with van der Waals surface area (Å²) >= 11 is 6.03. The van der Waals surface area contributed by atoms with Crippen LogP contribution in [-0.2, 0) is 0 Å². The van der Waals surface area contributed by atoms with Gasteiger partial charge in [0.15, 0.2) is 0 Å². The number of halogens is 1. The summed E-state index contributed by atoms with van der Waals surface area (Å²) in [4.78, 5) is 14.1. The molecule has 2 unspecified atom stereocenters. The van der Waals surface area contributed by atoms with Gasteiger partial charge in [-0.05, 0) is 32.5 Å². The first-order chi connectivity index (χ1) is 10.6. The van der Waals surface area contributed by atoms with Gasteiger partial charge in [-0.2, -0.15) is 0 Å². The highest BCUT2D eigenvalue weighted by Crippen LogP contribution is 2.22. The lowest BCUT2D eigenvalue weighted by molar-refractivity contribution is 0.163. The van der Waals surface area contributed by atoms with Crippen molar-refractivity contribution in [3.63, 3.8) is 0 Å². The van der Waals surface area contributed by atoms with Crippen LogP contribution < -0.4 is 10.6 Å². The first-order valence-corrected chi connectivity index (χ1v) is 8.13. The molecule has 1 rings (SSSR count).